The maximum absolute atomic E-state index is 13.3. The van der Waals surface area contributed by atoms with Crippen LogP contribution in [-0.4, -0.2) is 27.8 Å². The van der Waals surface area contributed by atoms with Crippen molar-refractivity contribution in [2.24, 2.45) is 0 Å². The van der Waals surface area contributed by atoms with Gasteiger partial charge in [0.1, 0.15) is 11.6 Å². The summed E-state index contributed by atoms with van der Waals surface area (Å²) in [4.78, 5) is 17.9. The number of para-hydroxylation sites is 1. The summed E-state index contributed by atoms with van der Waals surface area (Å²) >= 11 is 0. The normalized spacial score (nSPS) is 10.9. The number of benzene rings is 3. The highest BCUT2D eigenvalue weighted by Crippen LogP contribution is 2.31. The molecule has 0 spiro atoms. The summed E-state index contributed by atoms with van der Waals surface area (Å²) < 4.78 is 20.3. The minimum Gasteiger partial charge on any atom is -0.497 e. The summed E-state index contributed by atoms with van der Waals surface area (Å²) in [7, 11) is 1.63. The van der Waals surface area contributed by atoms with Crippen molar-refractivity contribution >= 4 is 28.3 Å². The van der Waals surface area contributed by atoms with Gasteiger partial charge in [0.05, 0.1) is 35.1 Å². The topological polar surface area (TPSA) is 81.1 Å². The van der Waals surface area contributed by atoms with Crippen molar-refractivity contribution in [1.29, 1.82) is 0 Å². The van der Waals surface area contributed by atoms with Crippen LogP contribution in [0, 0.1) is 12.7 Å². The van der Waals surface area contributed by atoms with Crippen molar-refractivity contribution in [1.82, 2.24) is 14.8 Å². The number of fused-ring (bicyclic) bond motifs is 1. The molecule has 0 unspecified atom stereocenters. The first-order valence-electron chi connectivity index (χ1n) is 11.4. The third-order valence-electron chi connectivity index (χ3n) is 5.85. The number of rotatable bonds is 7. The van der Waals surface area contributed by atoms with Crippen LogP contribution in [0.3, 0.4) is 0 Å². The largest absolute Gasteiger partial charge is 0.497 e. The molecule has 8 heteroatoms. The number of methoxy groups -OCH3 is 1. The molecule has 0 aliphatic carbocycles. The molecule has 2 aromatic heterocycles. The Balaban J connectivity index is 1.57. The number of anilines is 2. The van der Waals surface area contributed by atoms with E-state index < -0.39 is 0 Å². The fourth-order valence-electron chi connectivity index (χ4n) is 4.02. The molecular weight excluding hydrogens is 457 g/mol. The van der Waals surface area contributed by atoms with Gasteiger partial charge in [-0.25, -0.2) is 14.1 Å². The molecule has 180 valence electrons. The Labute approximate surface area is 207 Å². The van der Waals surface area contributed by atoms with Gasteiger partial charge in [0.25, 0.3) is 5.91 Å². The van der Waals surface area contributed by atoms with Gasteiger partial charge in [-0.1, -0.05) is 30.3 Å². The smallest absolute Gasteiger partial charge is 0.259 e. The van der Waals surface area contributed by atoms with E-state index >= 15 is 0 Å². The second-order valence-corrected chi connectivity index (χ2v) is 8.24. The molecule has 2 heterocycles. The van der Waals surface area contributed by atoms with Gasteiger partial charge in [-0.2, -0.15) is 5.10 Å². The zero-order chi connectivity index (χ0) is 25.1. The zero-order valence-corrected chi connectivity index (χ0v) is 19.8. The lowest BCUT2D eigenvalue weighted by Gasteiger charge is -2.14. The SMILES string of the molecule is COc1ccc(CNc2c(C(=O)Nc3ccc(F)cc3)cnc3c2c(C)nn3-c2ccccc2)cc1. The maximum Gasteiger partial charge on any atom is 0.259 e. The van der Waals surface area contributed by atoms with E-state index in [9.17, 15) is 9.18 Å². The van der Waals surface area contributed by atoms with E-state index in [1.165, 1.54) is 30.5 Å². The van der Waals surface area contributed by atoms with Gasteiger partial charge < -0.3 is 15.4 Å². The van der Waals surface area contributed by atoms with Crippen molar-refractivity contribution < 1.29 is 13.9 Å². The number of carbonyl (C=O) groups is 1. The van der Waals surface area contributed by atoms with Gasteiger partial charge in [0, 0.05) is 18.4 Å². The van der Waals surface area contributed by atoms with Gasteiger partial charge in [0.15, 0.2) is 5.65 Å². The van der Waals surface area contributed by atoms with E-state index in [-0.39, 0.29) is 11.7 Å². The Kier molecular flexibility index (Phi) is 6.32. The van der Waals surface area contributed by atoms with Crippen LogP contribution in [0.2, 0.25) is 0 Å². The second-order valence-electron chi connectivity index (χ2n) is 8.24. The highest BCUT2D eigenvalue weighted by atomic mass is 19.1. The van der Waals surface area contributed by atoms with Crippen molar-refractivity contribution in [3.05, 3.63) is 108 Å². The molecule has 5 aromatic rings. The number of hydrogen-bond acceptors (Lipinski definition) is 5. The highest BCUT2D eigenvalue weighted by molar-refractivity contribution is 6.12. The average molecular weight is 482 g/mol. The lowest BCUT2D eigenvalue weighted by Crippen LogP contribution is -2.16. The monoisotopic (exact) mass is 481 g/mol. The summed E-state index contributed by atoms with van der Waals surface area (Å²) in [6.07, 6.45) is 1.54. The van der Waals surface area contributed by atoms with Crippen molar-refractivity contribution in [2.45, 2.75) is 13.5 Å². The number of amides is 1. The van der Waals surface area contributed by atoms with Gasteiger partial charge in [-0.05, 0) is 61.0 Å². The fourth-order valence-corrected chi connectivity index (χ4v) is 4.02. The Bertz CT molecular complexity index is 1510. The maximum atomic E-state index is 13.3. The van der Waals surface area contributed by atoms with E-state index in [0.29, 0.717) is 29.1 Å². The van der Waals surface area contributed by atoms with Crippen LogP contribution in [0.15, 0.2) is 85.1 Å². The molecule has 0 bridgehead atoms. The van der Waals surface area contributed by atoms with Gasteiger partial charge >= 0.3 is 0 Å². The summed E-state index contributed by atoms with van der Waals surface area (Å²) in [5.74, 6) is 0.0337. The van der Waals surface area contributed by atoms with Gasteiger partial charge in [-0.3, -0.25) is 4.79 Å². The standard InChI is InChI=1S/C28H24FN5O2/c1-18-25-26(30-16-19-8-14-23(36-2)15-9-19)24(28(35)32-21-12-10-20(29)11-13-21)17-31-27(25)34(33-18)22-6-4-3-5-7-22/h3-15,17H,16H2,1-2H3,(H,30,31)(H,32,35). The lowest BCUT2D eigenvalue weighted by molar-refractivity contribution is 0.102. The predicted molar refractivity (Wildman–Crippen MR) is 138 cm³/mol. The lowest BCUT2D eigenvalue weighted by atomic mass is 10.1. The van der Waals surface area contributed by atoms with Crippen LogP contribution in [0.4, 0.5) is 15.8 Å². The first kappa shape index (κ1) is 23.0. The second kappa shape index (κ2) is 9.87. The molecule has 2 N–H and O–H groups in total. The molecule has 1 amide bonds. The quantitative estimate of drug-likeness (QED) is 0.310. The molecule has 0 fully saturated rings. The van der Waals surface area contributed by atoms with Gasteiger partial charge in [-0.15, -0.1) is 0 Å². The van der Waals surface area contributed by atoms with Gasteiger partial charge in [0.2, 0.25) is 0 Å². The summed E-state index contributed by atoms with van der Waals surface area (Å²) in [6, 6.07) is 23.0. The van der Waals surface area contributed by atoms with Crippen LogP contribution >= 0.6 is 0 Å². The molecule has 0 saturated carbocycles. The molecule has 0 radical (unpaired) electrons. The van der Waals surface area contributed by atoms with Crippen molar-refractivity contribution in [2.75, 3.05) is 17.7 Å². The first-order valence-corrected chi connectivity index (χ1v) is 11.4. The van der Waals surface area contributed by atoms with Crippen LogP contribution in [0.1, 0.15) is 21.6 Å². The molecule has 0 aliphatic rings. The minimum atomic E-state index is -0.373. The minimum absolute atomic E-state index is 0.357. The Morgan fingerprint density at radius 2 is 1.72 bits per heavy atom. The van der Waals surface area contributed by atoms with Crippen LogP contribution in [0.25, 0.3) is 16.7 Å². The summed E-state index contributed by atoms with van der Waals surface area (Å²) in [5, 5.41) is 11.7. The van der Waals surface area contributed by atoms with Crippen LogP contribution in [-0.2, 0) is 6.54 Å². The fraction of sp³-hybridized carbons (Fsp3) is 0.107. The van der Waals surface area contributed by atoms with Crippen molar-refractivity contribution in [3.63, 3.8) is 0 Å². The van der Waals surface area contributed by atoms with E-state index in [2.05, 4.69) is 15.6 Å². The average Bonchev–Trinajstić information content (AvgIpc) is 3.26. The molecule has 0 saturated heterocycles. The van der Waals surface area contributed by atoms with E-state index in [1.54, 1.807) is 11.8 Å². The highest BCUT2D eigenvalue weighted by Gasteiger charge is 2.21. The molecule has 3 aromatic carbocycles. The third kappa shape index (κ3) is 4.61. The molecule has 7 nitrogen and oxygen atoms in total. The number of aryl methyl sites for hydroxylation is 1. The number of halogens is 1. The predicted octanol–water partition coefficient (Wildman–Crippen LogP) is 5.74. The van der Waals surface area contributed by atoms with Crippen molar-refractivity contribution in [3.8, 4) is 11.4 Å². The number of ether oxygens (including phenoxy) is 1. The summed E-state index contributed by atoms with van der Waals surface area (Å²) in [5.41, 5.74) is 4.71. The number of nitrogens with zero attached hydrogens (tertiary/aromatic N) is 3. The number of pyridine rings is 1. The Hall–Kier alpha value is -4.72. The van der Waals surface area contributed by atoms with E-state index in [4.69, 9.17) is 9.84 Å². The number of carbonyl (C=O) groups excluding carboxylic acids is 1. The Morgan fingerprint density at radius 1 is 1.00 bits per heavy atom. The molecular formula is C28H24FN5O2. The van der Waals surface area contributed by atoms with Crippen LogP contribution in [0.5, 0.6) is 5.75 Å². The summed E-state index contributed by atoms with van der Waals surface area (Å²) in [6.45, 7) is 2.36. The number of aromatic nitrogens is 3. The van der Waals surface area contributed by atoms with E-state index in [1.807, 2.05) is 61.5 Å². The molecule has 5 rings (SSSR count). The number of nitrogens with one attached hydrogen (secondary N) is 2. The Morgan fingerprint density at radius 3 is 2.42 bits per heavy atom. The molecule has 0 atom stereocenters. The third-order valence-corrected chi connectivity index (χ3v) is 5.85. The molecule has 0 aliphatic heterocycles. The molecule has 36 heavy (non-hydrogen) atoms. The number of hydrogen-bond donors (Lipinski definition) is 2. The van der Waals surface area contributed by atoms with Crippen LogP contribution < -0.4 is 15.4 Å². The zero-order valence-electron chi connectivity index (χ0n) is 19.8. The first-order chi connectivity index (χ1) is 17.5. The van der Waals surface area contributed by atoms with E-state index in [0.717, 1.165) is 28.1 Å².